The van der Waals surface area contributed by atoms with Gasteiger partial charge in [-0.3, -0.25) is 4.79 Å². The number of cyclic esters (lactones) is 1. The molecule has 0 aromatic heterocycles. The maximum atomic E-state index is 10.9. The Bertz CT molecular complexity index is 167. The Hall–Kier alpha value is -0.530. The van der Waals surface area contributed by atoms with Crippen LogP contribution in [0.5, 0.6) is 0 Å². The van der Waals surface area contributed by atoms with Crippen molar-refractivity contribution in [1.82, 2.24) is 0 Å². The van der Waals surface area contributed by atoms with Crippen molar-refractivity contribution in [3.63, 3.8) is 0 Å². The van der Waals surface area contributed by atoms with Gasteiger partial charge in [-0.25, -0.2) is 0 Å². The van der Waals surface area contributed by atoms with Gasteiger partial charge in [0, 0.05) is 6.42 Å². The van der Waals surface area contributed by atoms with Crippen molar-refractivity contribution in [2.75, 3.05) is 6.61 Å². The van der Waals surface area contributed by atoms with E-state index in [1.165, 1.54) is 0 Å². The SMILES string of the molecule is CC(C)(C)[C@H]1CCOC(=O)CC1. The molecule has 0 aromatic rings. The molecule has 0 aromatic carbocycles. The lowest BCUT2D eigenvalue weighted by molar-refractivity contribution is -0.142. The summed E-state index contributed by atoms with van der Waals surface area (Å²) in [6.07, 6.45) is 2.61. The largest absolute Gasteiger partial charge is 0.466 e. The van der Waals surface area contributed by atoms with Crippen LogP contribution in [0, 0.1) is 11.3 Å². The van der Waals surface area contributed by atoms with Crippen LogP contribution in [-0.4, -0.2) is 12.6 Å². The predicted molar refractivity (Wildman–Crippen MR) is 47.8 cm³/mol. The molecule has 0 aliphatic carbocycles. The molecule has 1 aliphatic heterocycles. The van der Waals surface area contributed by atoms with E-state index < -0.39 is 0 Å². The number of ether oxygens (including phenoxy) is 1. The van der Waals surface area contributed by atoms with Crippen LogP contribution < -0.4 is 0 Å². The van der Waals surface area contributed by atoms with Crippen molar-refractivity contribution in [1.29, 1.82) is 0 Å². The molecule has 1 heterocycles. The van der Waals surface area contributed by atoms with Crippen molar-refractivity contribution in [2.45, 2.75) is 40.0 Å². The molecule has 0 amide bonds. The van der Waals surface area contributed by atoms with Crippen molar-refractivity contribution < 1.29 is 9.53 Å². The monoisotopic (exact) mass is 170 g/mol. The second-order valence-electron chi connectivity index (χ2n) is 4.61. The second kappa shape index (κ2) is 3.46. The summed E-state index contributed by atoms with van der Waals surface area (Å²) in [5.41, 5.74) is 0.313. The van der Waals surface area contributed by atoms with Crippen molar-refractivity contribution in [2.24, 2.45) is 11.3 Å². The number of esters is 1. The second-order valence-corrected chi connectivity index (χ2v) is 4.61. The van der Waals surface area contributed by atoms with Gasteiger partial charge in [-0.2, -0.15) is 0 Å². The summed E-state index contributed by atoms with van der Waals surface area (Å²) in [6.45, 7) is 7.30. The van der Waals surface area contributed by atoms with E-state index in [1.807, 2.05) is 0 Å². The van der Waals surface area contributed by atoms with E-state index in [2.05, 4.69) is 20.8 Å². The zero-order valence-corrected chi connectivity index (χ0v) is 8.22. The van der Waals surface area contributed by atoms with E-state index in [0.717, 1.165) is 12.8 Å². The van der Waals surface area contributed by atoms with E-state index >= 15 is 0 Å². The van der Waals surface area contributed by atoms with Gasteiger partial charge in [0.15, 0.2) is 0 Å². The molecule has 70 valence electrons. The number of hydrogen-bond acceptors (Lipinski definition) is 2. The highest BCUT2D eigenvalue weighted by atomic mass is 16.5. The quantitative estimate of drug-likeness (QED) is 0.522. The van der Waals surface area contributed by atoms with Crippen LogP contribution in [0.2, 0.25) is 0 Å². The van der Waals surface area contributed by atoms with E-state index in [-0.39, 0.29) is 5.97 Å². The van der Waals surface area contributed by atoms with Gasteiger partial charge in [0.25, 0.3) is 0 Å². The summed E-state index contributed by atoms with van der Waals surface area (Å²) >= 11 is 0. The molecule has 0 unspecified atom stereocenters. The summed E-state index contributed by atoms with van der Waals surface area (Å²) in [5.74, 6) is 0.603. The standard InChI is InChI=1S/C10H18O2/c1-10(2,3)8-4-5-9(11)12-7-6-8/h8H,4-7H2,1-3H3/t8-/m1/s1. The Morgan fingerprint density at radius 2 is 2.00 bits per heavy atom. The molecule has 0 spiro atoms. The van der Waals surface area contributed by atoms with Crippen LogP contribution >= 0.6 is 0 Å². The maximum absolute atomic E-state index is 10.9. The minimum absolute atomic E-state index is 0.0262. The van der Waals surface area contributed by atoms with Crippen LogP contribution in [-0.2, 0) is 9.53 Å². The molecule has 0 N–H and O–H groups in total. The van der Waals surface area contributed by atoms with Crippen molar-refractivity contribution >= 4 is 5.97 Å². The minimum atomic E-state index is -0.0262. The lowest BCUT2D eigenvalue weighted by Crippen LogP contribution is -2.20. The molecule has 0 bridgehead atoms. The van der Waals surface area contributed by atoms with Gasteiger partial charge in [-0.05, 0) is 24.2 Å². The minimum Gasteiger partial charge on any atom is -0.466 e. The highest BCUT2D eigenvalue weighted by Crippen LogP contribution is 2.33. The van der Waals surface area contributed by atoms with Crippen LogP contribution in [0.4, 0.5) is 0 Å². The first-order valence-electron chi connectivity index (χ1n) is 4.66. The lowest BCUT2D eigenvalue weighted by Gasteiger charge is -2.28. The van der Waals surface area contributed by atoms with Crippen LogP contribution in [0.25, 0.3) is 0 Å². The molecule has 0 radical (unpaired) electrons. The van der Waals surface area contributed by atoms with Gasteiger partial charge in [0.2, 0.25) is 0 Å². The number of carbonyl (C=O) groups excluding carboxylic acids is 1. The Labute approximate surface area is 74.3 Å². The van der Waals surface area contributed by atoms with Gasteiger partial charge in [0.05, 0.1) is 6.61 Å². The molecular formula is C10H18O2. The van der Waals surface area contributed by atoms with Crippen LogP contribution in [0.15, 0.2) is 0 Å². The molecule has 0 saturated carbocycles. The fraction of sp³-hybridized carbons (Fsp3) is 0.900. The number of carbonyl (C=O) groups is 1. The normalized spacial score (nSPS) is 26.2. The Morgan fingerprint density at radius 3 is 2.58 bits per heavy atom. The topological polar surface area (TPSA) is 26.3 Å². The van der Waals surface area contributed by atoms with Crippen molar-refractivity contribution in [3.05, 3.63) is 0 Å². The van der Waals surface area contributed by atoms with Gasteiger partial charge in [-0.1, -0.05) is 20.8 Å². The van der Waals surface area contributed by atoms with Gasteiger partial charge >= 0.3 is 5.97 Å². The maximum Gasteiger partial charge on any atom is 0.305 e. The fourth-order valence-corrected chi connectivity index (χ4v) is 1.69. The zero-order valence-electron chi connectivity index (χ0n) is 8.22. The predicted octanol–water partition coefficient (Wildman–Crippen LogP) is 2.38. The van der Waals surface area contributed by atoms with Crippen LogP contribution in [0.1, 0.15) is 40.0 Å². The summed E-state index contributed by atoms with van der Waals surface area (Å²) in [4.78, 5) is 10.9. The molecule has 12 heavy (non-hydrogen) atoms. The van der Waals surface area contributed by atoms with Gasteiger partial charge in [0.1, 0.15) is 0 Å². The summed E-state index contributed by atoms with van der Waals surface area (Å²) in [6, 6.07) is 0. The third-order valence-corrected chi connectivity index (χ3v) is 2.65. The Balaban J connectivity index is 2.52. The molecule has 1 fully saturated rings. The van der Waals surface area contributed by atoms with Gasteiger partial charge < -0.3 is 4.74 Å². The first kappa shape index (κ1) is 9.56. The first-order valence-corrected chi connectivity index (χ1v) is 4.66. The van der Waals surface area contributed by atoms with E-state index in [4.69, 9.17) is 4.74 Å². The first-order chi connectivity index (χ1) is 5.50. The summed E-state index contributed by atoms with van der Waals surface area (Å²) < 4.78 is 4.99. The lowest BCUT2D eigenvalue weighted by atomic mass is 9.77. The Kier molecular flexibility index (Phi) is 2.76. The van der Waals surface area contributed by atoms with Crippen molar-refractivity contribution in [3.8, 4) is 0 Å². The van der Waals surface area contributed by atoms with E-state index in [1.54, 1.807) is 0 Å². The third kappa shape index (κ3) is 2.50. The van der Waals surface area contributed by atoms with E-state index in [0.29, 0.717) is 24.4 Å². The average Bonchev–Trinajstić information content (AvgIpc) is 2.11. The van der Waals surface area contributed by atoms with E-state index in [9.17, 15) is 4.79 Å². The molecule has 1 atom stereocenters. The third-order valence-electron chi connectivity index (χ3n) is 2.65. The molecule has 2 heteroatoms. The average molecular weight is 170 g/mol. The molecule has 2 nitrogen and oxygen atoms in total. The zero-order chi connectivity index (χ0) is 9.19. The summed E-state index contributed by atoms with van der Waals surface area (Å²) in [7, 11) is 0. The highest BCUT2D eigenvalue weighted by molar-refractivity contribution is 5.69. The van der Waals surface area contributed by atoms with Gasteiger partial charge in [-0.15, -0.1) is 0 Å². The smallest absolute Gasteiger partial charge is 0.305 e. The number of rotatable bonds is 0. The Morgan fingerprint density at radius 1 is 1.33 bits per heavy atom. The fourth-order valence-electron chi connectivity index (χ4n) is 1.69. The summed E-state index contributed by atoms with van der Waals surface area (Å²) in [5, 5.41) is 0. The molecule has 1 rings (SSSR count). The molecular weight excluding hydrogens is 152 g/mol. The highest BCUT2D eigenvalue weighted by Gasteiger charge is 2.27. The van der Waals surface area contributed by atoms with Crippen LogP contribution in [0.3, 0.4) is 0 Å². The molecule has 1 aliphatic rings. The molecule has 1 saturated heterocycles. The number of hydrogen-bond donors (Lipinski definition) is 0.